The molecular weight excluding hydrogens is 222 g/mol. The van der Waals surface area contributed by atoms with Crippen molar-refractivity contribution in [2.45, 2.75) is 65.0 Å². The third-order valence-electron chi connectivity index (χ3n) is 2.67. The lowest BCUT2D eigenvalue weighted by Crippen LogP contribution is -2.52. The highest BCUT2D eigenvalue weighted by Gasteiger charge is 2.47. The Hall–Kier alpha value is -0.810. The predicted octanol–water partition coefficient (Wildman–Crippen LogP) is 1.74. The lowest BCUT2D eigenvalue weighted by molar-refractivity contribution is -0.0670. The van der Waals surface area contributed by atoms with Crippen LogP contribution in [0, 0.1) is 0 Å². The maximum atomic E-state index is 12.1. The van der Waals surface area contributed by atoms with E-state index in [4.69, 9.17) is 9.47 Å². The van der Waals surface area contributed by atoms with E-state index in [1.165, 1.54) is 4.90 Å². The van der Waals surface area contributed by atoms with E-state index in [1.54, 1.807) is 20.8 Å². The van der Waals surface area contributed by atoms with Crippen molar-refractivity contribution in [2.24, 2.45) is 0 Å². The van der Waals surface area contributed by atoms with Gasteiger partial charge in [-0.3, -0.25) is 4.90 Å². The molecular formula is C12H23NO4. The summed E-state index contributed by atoms with van der Waals surface area (Å²) in [6.07, 6.45) is -1.10. The number of amides is 1. The highest BCUT2D eigenvalue weighted by Crippen LogP contribution is 2.30. The fourth-order valence-corrected chi connectivity index (χ4v) is 1.85. The molecule has 1 aliphatic heterocycles. The van der Waals surface area contributed by atoms with Crippen molar-refractivity contribution in [1.29, 1.82) is 0 Å². The Morgan fingerprint density at radius 2 is 2.06 bits per heavy atom. The minimum atomic E-state index is -0.746. The van der Waals surface area contributed by atoms with Gasteiger partial charge in [-0.1, -0.05) is 0 Å². The van der Waals surface area contributed by atoms with E-state index in [2.05, 4.69) is 0 Å². The number of aliphatic hydroxyl groups excluding tert-OH is 1. The number of hydrogen-bond acceptors (Lipinski definition) is 4. The van der Waals surface area contributed by atoms with E-state index < -0.39 is 23.5 Å². The minimum Gasteiger partial charge on any atom is -0.444 e. The molecule has 100 valence electrons. The van der Waals surface area contributed by atoms with Gasteiger partial charge >= 0.3 is 6.09 Å². The summed E-state index contributed by atoms with van der Waals surface area (Å²) in [5.41, 5.74) is -1.30. The topological polar surface area (TPSA) is 59.0 Å². The molecule has 1 N–H and O–H groups in total. The zero-order valence-electron chi connectivity index (χ0n) is 11.5. The molecule has 0 aromatic carbocycles. The van der Waals surface area contributed by atoms with Gasteiger partial charge in [0.05, 0.1) is 18.8 Å². The fourth-order valence-electron chi connectivity index (χ4n) is 1.85. The smallest absolute Gasteiger partial charge is 0.412 e. The van der Waals surface area contributed by atoms with Crippen molar-refractivity contribution in [1.82, 2.24) is 4.90 Å². The fraction of sp³-hybridized carbons (Fsp3) is 0.917. The van der Waals surface area contributed by atoms with Gasteiger partial charge in [0.2, 0.25) is 0 Å². The summed E-state index contributed by atoms with van der Waals surface area (Å²) in [4.78, 5) is 13.6. The molecule has 0 aromatic rings. The van der Waals surface area contributed by atoms with Gasteiger partial charge in [0.15, 0.2) is 0 Å². The van der Waals surface area contributed by atoms with Gasteiger partial charge in [-0.05, 0) is 41.5 Å². The van der Waals surface area contributed by atoms with Crippen LogP contribution in [0.2, 0.25) is 0 Å². The summed E-state index contributed by atoms with van der Waals surface area (Å²) in [5.74, 6) is 0. The third kappa shape index (κ3) is 3.33. The molecule has 0 aromatic heterocycles. The summed E-state index contributed by atoms with van der Waals surface area (Å²) in [6.45, 7) is 11.0. The van der Waals surface area contributed by atoms with E-state index in [0.717, 1.165) is 0 Å². The Morgan fingerprint density at radius 1 is 1.53 bits per heavy atom. The van der Waals surface area contributed by atoms with Crippen LogP contribution in [0.4, 0.5) is 4.79 Å². The van der Waals surface area contributed by atoms with E-state index in [-0.39, 0.29) is 6.04 Å². The standard InChI is InChI=1S/C12H23NO4/c1-8(14)9-7-16-12(5,6)13(9)10(15)17-11(2,3)4/h8-9,14H,7H2,1-6H3/t8?,9-/m1/s1. The molecule has 1 heterocycles. The average molecular weight is 245 g/mol. The second-order valence-corrected chi connectivity index (χ2v) is 5.92. The second-order valence-electron chi connectivity index (χ2n) is 5.92. The van der Waals surface area contributed by atoms with Crippen LogP contribution in [0.3, 0.4) is 0 Å². The molecule has 0 bridgehead atoms. The molecule has 1 fully saturated rings. The first-order valence-electron chi connectivity index (χ1n) is 5.89. The Morgan fingerprint density at radius 3 is 2.47 bits per heavy atom. The van der Waals surface area contributed by atoms with Crippen LogP contribution in [-0.2, 0) is 9.47 Å². The molecule has 1 rings (SSSR count). The van der Waals surface area contributed by atoms with Crippen LogP contribution in [0.1, 0.15) is 41.5 Å². The zero-order chi connectivity index (χ0) is 13.4. The number of rotatable bonds is 1. The lowest BCUT2D eigenvalue weighted by Gasteiger charge is -2.35. The lowest BCUT2D eigenvalue weighted by atomic mass is 10.1. The molecule has 17 heavy (non-hydrogen) atoms. The predicted molar refractivity (Wildman–Crippen MR) is 63.6 cm³/mol. The van der Waals surface area contributed by atoms with Gasteiger partial charge in [0.25, 0.3) is 0 Å². The van der Waals surface area contributed by atoms with Crippen LogP contribution in [0.5, 0.6) is 0 Å². The largest absolute Gasteiger partial charge is 0.444 e. The first kappa shape index (κ1) is 14.3. The number of carbonyl (C=O) groups is 1. The monoisotopic (exact) mass is 245 g/mol. The van der Waals surface area contributed by atoms with Crippen LogP contribution in [0.25, 0.3) is 0 Å². The SMILES string of the molecule is CC(O)[C@H]1COC(C)(C)N1C(=O)OC(C)(C)C. The number of hydrogen-bond donors (Lipinski definition) is 1. The first-order valence-corrected chi connectivity index (χ1v) is 5.89. The van der Waals surface area contributed by atoms with Gasteiger partial charge < -0.3 is 14.6 Å². The van der Waals surface area contributed by atoms with Gasteiger partial charge in [-0.15, -0.1) is 0 Å². The first-order chi connectivity index (χ1) is 7.54. The summed E-state index contributed by atoms with van der Waals surface area (Å²) in [6, 6.07) is -0.361. The van der Waals surface area contributed by atoms with Gasteiger partial charge in [-0.25, -0.2) is 4.79 Å². The van der Waals surface area contributed by atoms with Crippen molar-refractivity contribution in [3.63, 3.8) is 0 Å². The maximum absolute atomic E-state index is 12.1. The van der Waals surface area contributed by atoms with E-state index >= 15 is 0 Å². The average Bonchev–Trinajstić information content (AvgIpc) is 2.37. The molecule has 1 amide bonds. The molecule has 0 radical (unpaired) electrons. The van der Waals surface area contributed by atoms with E-state index in [1.807, 2.05) is 20.8 Å². The molecule has 0 spiro atoms. The normalized spacial score (nSPS) is 25.8. The number of carbonyl (C=O) groups excluding carboxylic acids is 1. The molecule has 1 saturated heterocycles. The van der Waals surface area contributed by atoms with E-state index in [9.17, 15) is 9.90 Å². The Labute approximate surface area is 103 Å². The number of ether oxygens (including phenoxy) is 2. The Balaban J connectivity index is 2.87. The summed E-state index contributed by atoms with van der Waals surface area (Å²) >= 11 is 0. The van der Waals surface area contributed by atoms with Crippen molar-refractivity contribution in [2.75, 3.05) is 6.61 Å². The highest BCUT2D eigenvalue weighted by molar-refractivity contribution is 5.69. The molecule has 1 aliphatic rings. The van der Waals surface area contributed by atoms with Crippen molar-refractivity contribution < 1.29 is 19.4 Å². The van der Waals surface area contributed by atoms with Gasteiger partial charge in [-0.2, -0.15) is 0 Å². The highest BCUT2D eigenvalue weighted by atomic mass is 16.6. The van der Waals surface area contributed by atoms with E-state index in [0.29, 0.717) is 6.61 Å². The number of aliphatic hydroxyl groups is 1. The molecule has 0 aliphatic carbocycles. The molecule has 1 unspecified atom stereocenters. The third-order valence-corrected chi connectivity index (χ3v) is 2.67. The van der Waals surface area contributed by atoms with Crippen LogP contribution in [-0.4, -0.2) is 46.2 Å². The van der Waals surface area contributed by atoms with Gasteiger partial charge in [0.1, 0.15) is 11.3 Å². The van der Waals surface area contributed by atoms with Crippen LogP contribution >= 0.6 is 0 Å². The van der Waals surface area contributed by atoms with Crippen LogP contribution < -0.4 is 0 Å². The van der Waals surface area contributed by atoms with Crippen molar-refractivity contribution >= 4 is 6.09 Å². The second kappa shape index (κ2) is 4.46. The molecule has 5 heteroatoms. The Bertz CT molecular complexity index is 293. The molecule has 5 nitrogen and oxygen atoms in total. The van der Waals surface area contributed by atoms with Crippen molar-refractivity contribution in [3.05, 3.63) is 0 Å². The van der Waals surface area contributed by atoms with Crippen molar-refractivity contribution in [3.8, 4) is 0 Å². The molecule has 0 saturated carbocycles. The maximum Gasteiger partial charge on any atom is 0.412 e. The van der Waals surface area contributed by atoms with Gasteiger partial charge in [0, 0.05) is 0 Å². The summed E-state index contributed by atoms with van der Waals surface area (Å²) < 4.78 is 10.9. The zero-order valence-corrected chi connectivity index (χ0v) is 11.5. The number of nitrogens with zero attached hydrogens (tertiary/aromatic N) is 1. The quantitative estimate of drug-likeness (QED) is 0.764. The summed E-state index contributed by atoms with van der Waals surface area (Å²) in [7, 11) is 0. The molecule has 2 atom stereocenters. The summed E-state index contributed by atoms with van der Waals surface area (Å²) in [5, 5.41) is 9.67. The Kier molecular flexibility index (Phi) is 3.74. The van der Waals surface area contributed by atoms with Crippen LogP contribution in [0.15, 0.2) is 0 Å². The minimum absolute atomic E-state index is 0.323.